The maximum absolute atomic E-state index is 12.1. The summed E-state index contributed by atoms with van der Waals surface area (Å²) in [5.74, 6) is 0.441. The summed E-state index contributed by atoms with van der Waals surface area (Å²) >= 11 is 0. The average molecular weight is 346 g/mol. The summed E-state index contributed by atoms with van der Waals surface area (Å²) in [6, 6.07) is 16.6. The van der Waals surface area contributed by atoms with E-state index in [2.05, 4.69) is 15.2 Å². The van der Waals surface area contributed by atoms with Gasteiger partial charge in [0.25, 0.3) is 0 Å². The van der Waals surface area contributed by atoms with Crippen molar-refractivity contribution in [3.05, 3.63) is 77.7 Å². The number of hydrogen-bond donors (Lipinski definition) is 0. The van der Waals surface area contributed by atoms with E-state index in [9.17, 15) is 4.79 Å². The quantitative estimate of drug-likeness (QED) is 0.536. The Morgan fingerprint density at radius 2 is 1.85 bits per heavy atom. The largest absolute Gasteiger partial charge is 0.497 e. The monoisotopic (exact) mass is 346 g/mol. The van der Waals surface area contributed by atoms with Gasteiger partial charge in [-0.15, -0.1) is 5.10 Å². The van der Waals surface area contributed by atoms with Crippen LogP contribution in [0.2, 0.25) is 0 Å². The van der Waals surface area contributed by atoms with E-state index in [1.165, 1.54) is 4.80 Å². The number of aliphatic imine (C=N–C) groups is 1. The molecule has 0 saturated heterocycles. The van der Waals surface area contributed by atoms with Gasteiger partial charge in [0.15, 0.2) is 5.70 Å². The highest BCUT2D eigenvalue weighted by atomic mass is 16.6. The Morgan fingerprint density at radius 1 is 1.08 bits per heavy atom. The number of esters is 1. The van der Waals surface area contributed by atoms with E-state index in [1.807, 2.05) is 30.3 Å². The van der Waals surface area contributed by atoms with Gasteiger partial charge in [-0.25, -0.2) is 9.79 Å². The first-order valence-electron chi connectivity index (χ1n) is 7.88. The van der Waals surface area contributed by atoms with Gasteiger partial charge in [-0.05, 0) is 36.4 Å². The number of aromatic nitrogens is 3. The molecular formula is C19H14N4O3. The zero-order valence-corrected chi connectivity index (χ0v) is 13.9. The normalized spacial score (nSPS) is 15.0. The molecule has 1 aliphatic heterocycles. The van der Waals surface area contributed by atoms with Gasteiger partial charge in [0.2, 0.25) is 5.90 Å². The molecule has 0 bridgehead atoms. The van der Waals surface area contributed by atoms with Crippen molar-refractivity contribution < 1.29 is 14.3 Å². The number of carbonyl (C=O) groups is 1. The van der Waals surface area contributed by atoms with Gasteiger partial charge in [0.05, 0.1) is 19.0 Å². The molecule has 26 heavy (non-hydrogen) atoms. The van der Waals surface area contributed by atoms with E-state index in [0.29, 0.717) is 17.0 Å². The number of cyclic esters (lactones) is 1. The third-order valence-electron chi connectivity index (χ3n) is 3.74. The molecule has 128 valence electrons. The zero-order valence-electron chi connectivity index (χ0n) is 13.9. The van der Waals surface area contributed by atoms with Crippen LogP contribution >= 0.6 is 0 Å². The van der Waals surface area contributed by atoms with Gasteiger partial charge in [0.1, 0.15) is 11.4 Å². The lowest BCUT2D eigenvalue weighted by atomic mass is 10.2. The fraction of sp³-hybridized carbons (Fsp3) is 0.0526. The van der Waals surface area contributed by atoms with Gasteiger partial charge in [-0.2, -0.15) is 9.90 Å². The molecule has 0 unspecified atom stereocenters. The van der Waals surface area contributed by atoms with Crippen LogP contribution in [0.15, 0.2) is 71.5 Å². The topological polar surface area (TPSA) is 78.6 Å². The number of nitrogens with zero attached hydrogens (tertiary/aromatic N) is 4. The standard InChI is InChI=1S/C19H14N4O3/c1-25-16-9-7-13(8-10-16)18-21-17(19(24)26-18)11-14-12-20-23(22-14)15-5-3-2-4-6-15/h2-12H,1H3/b17-11-. The molecule has 0 radical (unpaired) electrons. The van der Waals surface area contributed by atoms with Gasteiger partial charge in [-0.1, -0.05) is 18.2 Å². The lowest BCUT2D eigenvalue weighted by Gasteiger charge is -2.01. The van der Waals surface area contributed by atoms with Gasteiger partial charge >= 0.3 is 5.97 Å². The molecule has 2 heterocycles. The average Bonchev–Trinajstić information content (AvgIpc) is 3.30. The zero-order chi connectivity index (χ0) is 17.9. The lowest BCUT2D eigenvalue weighted by molar-refractivity contribution is -0.129. The first-order valence-corrected chi connectivity index (χ1v) is 7.88. The molecule has 7 nitrogen and oxygen atoms in total. The van der Waals surface area contributed by atoms with Crippen molar-refractivity contribution in [2.45, 2.75) is 0 Å². The van der Waals surface area contributed by atoms with Crippen LogP contribution in [0.4, 0.5) is 0 Å². The summed E-state index contributed by atoms with van der Waals surface area (Å²) in [5, 5.41) is 8.53. The predicted molar refractivity (Wildman–Crippen MR) is 95.0 cm³/mol. The second-order valence-electron chi connectivity index (χ2n) is 5.46. The van der Waals surface area contributed by atoms with E-state index in [0.717, 1.165) is 5.69 Å². The molecule has 0 amide bonds. The van der Waals surface area contributed by atoms with Crippen molar-refractivity contribution in [1.82, 2.24) is 15.0 Å². The molecule has 1 aliphatic rings. The van der Waals surface area contributed by atoms with Crippen LogP contribution in [0.3, 0.4) is 0 Å². The van der Waals surface area contributed by atoms with Crippen molar-refractivity contribution in [2.24, 2.45) is 4.99 Å². The summed E-state index contributed by atoms with van der Waals surface area (Å²) in [5.41, 5.74) is 2.21. The highest BCUT2D eigenvalue weighted by Gasteiger charge is 2.24. The molecule has 2 aromatic carbocycles. The number of benzene rings is 2. The van der Waals surface area contributed by atoms with Crippen molar-refractivity contribution >= 4 is 17.9 Å². The maximum atomic E-state index is 12.1. The molecule has 0 saturated carbocycles. The second-order valence-corrected chi connectivity index (χ2v) is 5.46. The van der Waals surface area contributed by atoms with Crippen LogP contribution in [-0.2, 0) is 9.53 Å². The number of ether oxygens (including phenoxy) is 2. The minimum atomic E-state index is -0.523. The molecule has 1 aromatic heterocycles. The van der Waals surface area contributed by atoms with Crippen molar-refractivity contribution in [3.63, 3.8) is 0 Å². The van der Waals surface area contributed by atoms with Crippen LogP contribution < -0.4 is 4.74 Å². The van der Waals surface area contributed by atoms with Crippen LogP contribution in [0.5, 0.6) is 5.75 Å². The minimum absolute atomic E-state index is 0.177. The highest BCUT2D eigenvalue weighted by molar-refractivity contribution is 6.12. The number of rotatable bonds is 4. The van der Waals surface area contributed by atoms with Gasteiger partial charge < -0.3 is 9.47 Å². The fourth-order valence-electron chi connectivity index (χ4n) is 2.43. The number of carbonyl (C=O) groups excluding carboxylic acids is 1. The minimum Gasteiger partial charge on any atom is -0.497 e. The van der Waals surface area contributed by atoms with E-state index in [4.69, 9.17) is 9.47 Å². The highest BCUT2D eigenvalue weighted by Crippen LogP contribution is 2.20. The summed E-state index contributed by atoms with van der Waals surface area (Å²) in [6.07, 6.45) is 3.11. The van der Waals surface area contributed by atoms with Crippen molar-refractivity contribution in [1.29, 1.82) is 0 Å². The lowest BCUT2D eigenvalue weighted by Crippen LogP contribution is -2.05. The summed E-state index contributed by atoms with van der Waals surface area (Å²) < 4.78 is 10.4. The molecule has 0 spiro atoms. The molecule has 0 atom stereocenters. The number of hydrogen-bond acceptors (Lipinski definition) is 6. The summed E-state index contributed by atoms with van der Waals surface area (Å²) in [7, 11) is 1.59. The van der Waals surface area contributed by atoms with Crippen LogP contribution in [0, 0.1) is 0 Å². The molecule has 0 aliphatic carbocycles. The SMILES string of the molecule is COc1ccc(C2=N/C(=C\c3cnn(-c4ccccc4)n3)C(=O)O2)cc1. The smallest absolute Gasteiger partial charge is 0.363 e. The first kappa shape index (κ1) is 15.8. The van der Waals surface area contributed by atoms with Crippen molar-refractivity contribution in [2.75, 3.05) is 7.11 Å². The molecular weight excluding hydrogens is 332 g/mol. The fourth-order valence-corrected chi connectivity index (χ4v) is 2.43. The maximum Gasteiger partial charge on any atom is 0.363 e. The number of methoxy groups -OCH3 is 1. The third kappa shape index (κ3) is 3.10. The van der Waals surface area contributed by atoms with Crippen molar-refractivity contribution in [3.8, 4) is 11.4 Å². The van der Waals surface area contributed by atoms with E-state index in [-0.39, 0.29) is 11.6 Å². The molecule has 7 heteroatoms. The predicted octanol–water partition coefficient (Wildman–Crippen LogP) is 2.62. The van der Waals surface area contributed by atoms with Gasteiger partial charge in [-0.3, -0.25) is 0 Å². The Morgan fingerprint density at radius 3 is 2.58 bits per heavy atom. The van der Waals surface area contributed by atoms with E-state index >= 15 is 0 Å². The van der Waals surface area contributed by atoms with E-state index < -0.39 is 5.97 Å². The Labute approximate surface area is 149 Å². The summed E-state index contributed by atoms with van der Waals surface area (Å²) in [4.78, 5) is 17.8. The van der Waals surface area contributed by atoms with Gasteiger partial charge in [0, 0.05) is 11.6 Å². The molecule has 0 fully saturated rings. The number of para-hydroxylation sites is 1. The Bertz CT molecular complexity index is 1000. The van der Waals surface area contributed by atoms with Crippen LogP contribution in [-0.4, -0.2) is 34.0 Å². The Kier molecular flexibility index (Phi) is 4.03. The third-order valence-corrected chi connectivity index (χ3v) is 3.74. The van der Waals surface area contributed by atoms with Crippen LogP contribution in [0.1, 0.15) is 11.3 Å². The molecule has 4 rings (SSSR count). The molecule has 0 N–H and O–H groups in total. The summed E-state index contributed by atoms with van der Waals surface area (Å²) in [6.45, 7) is 0. The van der Waals surface area contributed by atoms with E-state index in [1.54, 1.807) is 43.6 Å². The second kappa shape index (κ2) is 6.64. The van der Waals surface area contributed by atoms with Crippen LogP contribution in [0.25, 0.3) is 11.8 Å². The Balaban J connectivity index is 1.60. The molecule has 3 aromatic rings. The first-order chi connectivity index (χ1) is 12.7. The Hall–Kier alpha value is -3.74.